The Labute approximate surface area is 284 Å². The molecule has 0 aliphatic carbocycles. The molecule has 0 fully saturated rings. The lowest BCUT2D eigenvalue weighted by Gasteiger charge is -2.26. The summed E-state index contributed by atoms with van der Waals surface area (Å²) in [4.78, 5) is 2.36. The third-order valence-electron chi connectivity index (χ3n) is 9.26. The van der Waals surface area contributed by atoms with Crippen molar-refractivity contribution < 1.29 is 0 Å². The summed E-state index contributed by atoms with van der Waals surface area (Å²) < 4.78 is 2.65. The summed E-state index contributed by atoms with van der Waals surface area (Å²) in [5.41, 5.74) is 10.7. The Bertz CT molecular complexity index is 2540. The van der Waals surface area contributed by atoms with E-state index in [9.17, 15) is 0 Å². The molecule has 0 saturated heterocycles. The molecule has 2 heteroatoms. The van der Waals surface area contributed by atoms with E-state index in [1.165, 1.54) is 64.3 Å². The minimum atomic E-state index is 1.11. The van der Waals surface area contributed by atoms with Crippen molar-refractivity contribution in [3.05, 3.63) is 188 Å². The smallest absolute Gasteiger partial charge is 0.0467 e. The van der Waals surface area contributed by atoms with Gasteiger partial charge in [-0.1, -0.05) is 133 Å². The highest BCUT2D eigenvalue weighted by atomic mass is 32.1. The molecule has 1 aromatic heterocycles. The zero-order chi connectivity index (χ0) is 31.9. The predicted octanol–water partition coefficient (Wildman–Crippen LogP) is 13.7. The second-order valence-corrected chi connectivity index (χ2v) is 13.3. The van der Waals surface area contributed by atoms with Crippen LogP contribution in [0.1, 0.15) is 0 Å². The van der Waals surface area contributed by atoms with Gasteiger partial charge in [0.25, 0.3) is 0 Å². The van der Waals surface area contributed by atoms with E-state index in [0.29, 0.717) is 0 Å². The number of anilines is 3. The van der Waals surface area contributed by atoms with E-state index in [0.717, 1.165) is 17.1 Å². The lowest BCUT2D eigenvalue weighted by molar-refractivity contribution is 1.28. The van der Waals surface area contributed by atoms with Gasteiger partial charge in [0, 0.05) is 37.2 Å². The van der Waals surface area contributed by atoms with Crippen molar-refractivity contribution in [2.75, 3.05) is 4.90 Å². The maximum Gasteiger partial charge on any atom is 0.0467 e. The van der Waals surface area contributed by atoms with Gasteiger partial charge in [-0.3, -0.25) is 0 Å². The number of benzene rings is 8. The molecule has 0 bridgehead atoms. The van der Waals surface area contributed by atoms with Gasteiger partial charge >= 0.3 is 0 Å². The van der Waals surface area contributed by atoms with Crippen molar-refractivity contribution in [3.63, 3.8) is 0 Å². The van der Waals surface area contributed by atoms with Gasteiger partial charge in [-0.05, 0) is 98.8 Å². The van der Waals surface area contributed by atoms with Gasteiger partial charge < -0.3 is 4.90 Å². The van der Waals surface area contributed by atoms with Gasteiger partial charge in [0.1, 0.15) is 0 Å². The highest BCUT2D eigenvalue weighted by molar-refractivity contribution is 7.25. The molecule has 226 valence electrons. The first kappa shape index (κ1) is 28.3. The van der Waals surface area contributed by atoms with Gasteiger partial charge in [0.15, 0.2) is 0 Å². The molecular formula is C46H31NS. The van der Waals surface area contributed by atoms with Crippen molar-refractivity contribution in [1.29, 1.82) is 0 Å². The van der Waals surface area contributed by atoms with E-state index < -0.39 is 0 Å². The lowest BCUT2D eigenvalue weighted by Crippen LogP contribution is -2.10. The summed E-state index contributed by atoms with van der Waals surface area (Å²) in [6.07, 6.45) is 0. The van der Waals surface area contributed by atoms with Crippen LogP contribution >= 0.6 is 11.3 Å². The SMILES string of the molecule is c1ccc(-c2ccc(N(c3ccc(-c4cccc5sc6ccccc6c45)cc3)c3cccc(-c4ccc5ccccc5c4)c3)cc2)cc1. The second-order valence-electron chi connectivity index (χ2n) is 12.2. The zero-order valence-electron chi connectivity index (χ0n) is 26.3. The molecule has 0 radical (unpaired) electrons. The van der Waals surface area contributed by atoms with Crippen LogP contribution in [0.25, 0.3) is 64.3 Å². The fraction of sp³-hybridized carbons (Fsp3) is 0. The van der Waals surface area contributed by atoms with E-state index in [2.05, 4.69) is 193 Å². The molecule has 48 heavy (non-hydrogen) atoms. The first-order chi connectivity index (χ1) is 23.8. The summed E-state index contributed by atoms with van der Waals surface area (Å²) >= 11 is 1.86. The average Bonchev–Trinajstić information content (AvgIpc) is 3.55. The molecule has 1 nitrogen and oxygen atoms in total. The summed E-state index contributed by atoms with van der Waals surface area (Å²) in [6, 6.07) is 68.1. The number of hydrogen-bond acceptors (Lipinski definition) is 2. The van der Waals surface area contributed by atoms with Gasteiger partial charge in [0.05, 0.1) is 0 Å². The molecule has 0 atom stereocenters. The summed E-state index contributed by atoms with van der Waals surface area (Å²) in [7, 11) is 0. The number of hydrogen-bond donors (Lipinski definition) is 0. The zero-order valence-corrected chi connectivity index (χ0v) is 27.1. The standard InChI is InChI=1S/C46H31NS/c1-2-10-32(11-3-1)34-22-26-39(27-23-34)47(41-15-8-14-37(31-41)38-21-20-33-12-4-5-13-36(33)30-38)40-28-24-35(25-29-40)42-17-9-19-45-46(42)43-16-6-7-18-44(43)48-45/h1-31H. The maximum atomic E-state index is 2.36. The molecule has 1 heterocycles. The van der Waals surface area contributed by atoms with Gasteiger partial charge in [-0.15, -0.1) is 11.3 Å². The van der Waals surface area contributed by atoms with Crippen molar-refractivity contribution >= 4 is 59.3 Å². The Kier molecular flexibility index (Phi) is 7.07. The molecule has 0 amide bonds. The van der Waals surface area contributed by atoms with Crippen LogP contribution < -0.4 is 4.90 Å². The van der Waals surface area contributed by atoms with E-state index >= 15 is 0 Å². The largest absolute Gasteiger partial charge is 0.310 e. The minimum Gasteiger partial charge on any atom is -0.310 e. The summed E-state index contributed by atoms with van der Waals surface area (Å²) in [5.74, 6) is 0. The molecule has 0 aliphatic heterocycles. The monoisotopic (exact) mass is 629 g/mol. The fourth-order valence-corrected chi connectivity index (χ4v) is 8.01. The highest BCUT2D eigenvalue weighted by Crippen LogP contribution is 2.42. The third-order valence-corrected chi connectivity index (χ3v) is 10.4. The number of nitrogens with zero attached hydrogens (tertiary/aromatic N) is 1. The molecule has 9 rings (SSSR count). The molecule has 0 aliphatic rings. The van der Waals surface area contributed by atoms with Crippen molar-refractivity contribution in [2.45, 2.75) is 0 Å². The van der Waals surface area contributed by atoms with Gasteiger partial charge in [-0.25, -0.2) is 0 Å². The Morgan fingerprint density at radius 1 is 0.333 bits per heavy atom. The van der Waals surface area contributed by atoms with Crippen LogP contribution in [0.5, 0.6) is 0 Å². The van der Waals surface area contributed by atoms with E-state index in [1.54, 1.807) is 0 Å². The first-order valence-corrected chi connectivity index (χ1v) is 17.2. The van der Waals surface area contributed by atoms with Crippen LogP contribution in [0.2, 0.25) is 0 Å². The van der Waals surface area contributed by atoms with Crippen molar-refractivity contribution in [1.82, 2.24) is 0 Å². The minimum absolute atomic E-state index is 1.11. The highest BCUT2D eigenvalue weighted by Gasteiger charge is 2.16. The van der Waals surface area contributed by atoms with Crippen LogP contribution in [0.3, 0.4) is 0 Å². The molecule has 8 aromatic carbocycles. The average molecular weight is 630 g/mol. The van der Waals surface area contributed by atoms with Crippen molar-refractivity contribution in [2.24, 2.45) is 0 Å². The summed E-state index contributed by atoms with van der Waals surface area (Å²) in [5, 5.41) is 5.16. The van der Waals surface area contributed by atoms with Gasteiger partial charge in [-0.2, -0.15) is 0 Å². The van der Waals surface area contributed by atoms with E-state index in [-0.39, 0.29) is 0 Å². The molecular weight excluding hydrogens is 599 g/mol. The molecule has 0 N–H and O–H groups in total. The van der Waals surface area contributed by atoms with E-state index in [1.807, 2.05) is 11.3 Å². The molecule has 0 spiro atoms. The molecule has 0 saturated carbocycles. The Morgan fingerprint density at radius 3 is 1.73 bits per heavy atom. The number of thiophene rings is 1. The second kappa shape index (κ2) is 12.0. The first-order valence-electron chi connectivity index (χ1n) is 16.3. The Hall–Kier alpha value is -5.96. The van der Waals surface area contributed by atoms with Crippen LogP contribution in [0, 0.1) is 0 Å². The quantitative estimate of drug-likeness (QED) is 0.177. The van der Waals surface area contributed by atoms with Crippen LogP contribution in [-0.4, -0.2) is 0 Å². The summed E-state index contributed by atoms with van der Waals surface area (Å²) in [6.45, 7) is 0. The van der Waals surface area contributed by atoms with Crippen LogP contribution in [0.15, 0.2) is 188 Å². The lowest BCUT2D eigenvalue weighted by atomic mass is 9.98. The molecule has 0 unspecified atom stereocenters. The fourth-order valence-electron chi connectivity index (χ4n) is 6.88. The third kappa shape index (κ3) is 5.13. The number of rotatable bonds is 6. The maximum absolute atomic E-state index is 2.36. The van der Waals surface area contributed by atoms with Gasteiger partial charge in [0.2, 0.25) is 0 Å². The Morgan fingerprint density at radius 2 is 0.917 bits per heavy atom. The molecule has 9 aromatic rings. The predicted molar refractivity (Wildman–Crippen MR) is 208 cm³/mol. The van der Waals surface area contributed by atoms with E-state index in [4.69, 9.17) is 0 Å². The Balaban J connectivity index is 1.15. The topological polar surface area (TPSA) is 3.24 Å². The van der Waals surface area contributed by atoms with Crippen LogP contribution in [-0.2, 0) is 0 Å². The normalized spacial score (nSPS) is 11.3. The van der Waals surface area contributed by atoms with Crippen LogP contribution in [0.4, 0.5) is 17.1 Å². The van der Waals surface area contributed by atoms with Crippen molar-refractivity contribution in [3.8, 4) is 33.4 Å². The number of fused-ring (bicyclic) bond motifs is 4.